The van der Waals surface area contributed by atoms with Gasteiger partial charge < -0.3 is 4.57 Å². The molecule has 0 N–H and O–H groups in total. The second-order valence-corrected chi connectivity index (χ2v) is 11.8. The summed E-state index contributed by atoms with van der Waals surface area (Å²) < 4.78 is 2.43. The first kappa shape index (κ1) is 22.0. The predicted octanol–water partition coefficient (Wildman–Crippen LogP) is 10.5. The number of hydrogen-bond donors (Lipinski definition) is 0. The van der Waals surface area contributed by atoms with E-state index in [0.717, 1.165) is 0 Å². The van der Waals surface area contributed by atoms with E-state index in [9.17, 15) is 0 Å². The van der Waals surface area contributed by atoms with Crippen LogP contribution in [-0.2, 0) is 5.41 Å². The molecule has 0 spiro atoms. The third-order valence-electron chi connectivity index (χ3n) is 9.36. The molecule has 0 aliphatic heterocycles. The first-order valence-corrected chi connectivity index (χ1v) is 14.1. The van der Waals surface area contributed by atoms with E-state index in [1.54, 1.807) is 0 Å². The Kier molecular flexibility index (Phi) is 4.18. The van der Waals surface area contributed by atoms with E-state index in [-0.39, 0.29) is 5.41 Å². The molecule has 0 radical (unpaired) electrons. The molecular weight excluding hydrogens is 482 g/mol. The number of aromatic nitrogens is 1. The van der Waals surface area contributed by atoms with Crippen molar-refractivity contribution in [3.8, 4) is 16.8 Å². The topological polar surface area (TPSA) is 4.93 Å². The van der Waals surface area contributed by atoms with Crippen LogP contribution in [0.1, 0.15) is 25.0 Å². The van der Waals surface area contributed by atoms with Crippen LogP contribution in [-0.4, -0.2) is 4.57 Å². The SMILES string of the molecule is CC1(C)c2ccc(-n3c4ccccc4c4ccccc43)cc2-c2cc3c4ccccc4c4ccccc4c3cc21. The minimum absolute atomic E-state index is 0.0784. The summed E-state index contributed by atoms with van der Waals surface area (Å²) in [5.41, 5.74) is 9.14. The van der Waals surface area contributed by atoms with E-state index in [0.29, 0.717) is 0 Å². The second-order valence-electron chi connectivity index (χ2n) is 11.8. The van der Waals surface area contributed by atoms with Crippen LogP contribution in [0.5, 0.6) is 0 Å². The highest BCUT2D eigenvalue weighted by Gasteiger charge is 2.36. The Balaban J connectivity index is 1.38. The predicted molar refractivity (Wildman–Crippen MR) is 171 cm³/mol. The normalized spacial score (nSPS) is 13.9. The lowest BCUT2D eigenvalue weighted by Crippen LogP contribution is -2.15. The average Bonchev–Trinajstić information content (AvgIpc) is 3.45. The average molecular weight is 510 g/mol. The maximum atomic E-state index is 2.49. The van der Waals surface area contributed by atoms with E-state index in [4.69, 9.17) is 0 Å². The first-order chi connectivity index (χ1) is 19.6. The standard InChI is InChI=1S/C39H27N/c1-39(2)35-20-19-24(40-37-17-9-7-15-29(37)30-16-8-10-18-38(30)40)21-33(35)34-22-31-27-13-5-3-11-25(27)26-12-4-6-14-28(26)32(31)23-36(34)39/h3-23H,1-2H3. The van der Waals surface area contributed by atoms with Gasteiger partial charge in [-0.3, -0.25) is 0 Å². The number of para-hydroxylation sites is 2. The molecule has 1 heteroatoms. The summed E-state index contributed by atoms with van der Waals surface area (Å²) in [6.07, 6.45) is 0. The van der Waals surface area contributed by atoms with Crippen molar-refractivity contribution in [3.63, 3.8) is 0 Å². The zero-order chi connectivity index (χ0) is 26.6. The quantitative estimate of drug-likeness (QED) is 0.194. The maximum absolute atomic E-state index is 2.49. The van der Waals surface area contributed by atoms with Gasteiger partial charge in [0.1, 0.15) is 0 Å². The van der Waals surface area contributed by atoms with Crippen LogP contribution in [0.15, 0.2) is 127 Å². The Morgan fingerprint density at radius 2 is 0.850 bits per heavy atom. The van der Waals surface area contributed by atoms with Gasteiger partial charge in [0.05, 0.1) is 11.0 Å². The third kappa shape index (κ3) is 2.72. The van der Waals surface area contributed by atoms with Crippen molar-refractivity contribution in [2.75, 3.05) is 0 Å². The number of hydrogen-bond acceptors (Lipinski definition) is 0. The van der Waals surface area contributed by atoms with Crippen molar-refractivity contribution in [1.29, 1.82) is 0 Å². The Morgan fingerprint density at radius 1 is 0.400 bits per heavy atom. The molecule has 0 saturated heterocycles. The Bertz CT molecular complexity index is 2300. The molecule has 1 aliphatic rings. The van der Waals surface area contributed by atoms with Gasteiger partial charge in [-0.05, 0) is 91.0 Å². The Labute approximate surface area is 232 Å². The molecule has 1 aromatic heterocycles. The molecule has 1 aliphatic carbocycles. The van der Waals surface area contributed by atoms with Crippen LogP contribution < -0.4 is 0 Å². The van der Waals surface area contributed by atoms with Gasteiger partial charge in [-0.1, -0.05) is 105 Å². The second kappa shape index (κ2) is 7.61. The molecule has 40 heavy (non-hydrogen) atoms. The van der Waals surface area contributed by atoms with E-state index < -0.39 is 0 Å². The van der Waals surface area contributed by atoms with Gasteiger partial charge in [0, 0.05) is 21.9 Å². The molecule has 8 aromatic rings. The lowest BCUT2D eigenvalue weighted by molar-refractivity contribution is 0.661. The molecule has 0 atom stereocenters. The highest BCUT2D eigenvalue weighted by molar-refractivity contribution is 6.26. The first-order valence-electron chi connectivity index (χ1n) is 14.1. The Hall–Kier alpha value is -4.88. The highest BCUT2D eigenvalue weighted by Crippen LogP contribution is 2.52. The largest absolute Gasteiger partial charge is 0.309 e. The van der Waals surface area contributed by atoms with Gasteiger partial charge in [-0.25, -0.2) is 0 Å². The minimum atomic E-state index is -0.0784. The zero-order valence-corrected chi connectivity index (χ0v) is 22.6. The molecule has 0 fully saturated rings. The van der Waals surface area contributed by atoms with Gasteiger partial charge in [-0.15, -0.1) is 0 Å². The van der Waals surface area contributed by atoms with Gasteiger partial charge >= 0.3 is 0 Å². The summed E-state index contributed by atoms with van der Waals surface area (Å²) >= 11 is 0. The molecule has 7 aromatic carbocycles. The lowest BCUT2D eigenvalue weighted by Gasteiger charge is -2.22. The van der Waals surface area contributed by atoms with E-state index in [1.807, 2.05) is 0 Å². The van der Waals surface area contributed by atoms with Crippen LogP contribution in [0, 0.1) is 0 Å². The summed E-state index contributed by atoms with van der Waals surface area (Å²) in [4.78, 5) is 0. The Morgan fingerprint density at radius 3 is 1.43 bits per heavy atom. The number of nitrogens with zero attached hydrogens (tertiary/aromatic N) is 1. The third-order valence-corrected chi connectivity index (χ3v) is 9.36. The van der Waals surface area contributed by atoms with Crippen molar-refractivity contribution < 1.29 is 0 Å². The zero-order valence-electron chi connectivity index (χ0n) is 22.6. The highest BCUT2D eigenvalue weighted by atomic mass is 15.0. The van der Waals surface area contributed by atoms with Gasteiger partial charge in [0.15, 0.2) is 0 Å². The fourth-order valence-corrected chi connectivity index (χ4v) is 7.48. The van der Waals surface area contributed by atoms with Crippen LogP contribution in [0.25, 0.3) is 70.9 Å². The monoisotopic (exact) mass is 509 g/mol. The van der Waals surface area contributed by atoms with Crippen LogP contribution in [0.3, 0.4) is 0 Å². The summed E-state index contributed by atoms with van der Waals surface area (Å²) in [5, 5.41) is 10.6. The summed E-state index contributed by atoms with van der Waals surface area (Å²) in [6, 6.07) is 47.3. The van der Waals surface area contributed by atoms with Crippen molar-refractivity contribution in [2.45, 2.75) is 19.3 Å². The van der Waals surface area contributed by atoms with E-state index in [1.165, 1.54) is 82.1 Å². The van der Waals surface area contributed by atoms with E-state index >= 15 is 0 Å². The number of fused-ring (bicyclic) bond motifs is 12. The fourth-order valence-electron chi connectivity index (χ4n) is 7.48. The smallest absolute Gasteiger partial charge is 0.0541 e. The van der Waals surface area contributed by atoms with Crippen LogP contribution in [0.4, 0.5) is 0 Å². The van der Waals surface area contributed by atoms with E-state index in [2.05, 4.69) is 146 Å². The van der Waals surface area contributed by atoms with Gasteiger partial charge in [0.25, 0.3) is 0 Å². The molecule has 0 amide bonds. The fraction of sp³-hybridized carbons (Fsp3) is 0.0769. The van der Waals surface area contributed by atoms with Gasteiger partial charge in [-0.2, -0.15) is 0 Å². The molecule has 0 unspecified atom stereocenters. The van der Waals surface area contributed by atoms with Crippen molar-refractivity contribution in [3.05, 3.63) is 139 Å². The van der Waals surface area contributed by atoms with Crippen molar-refractivity contribution in [2.24, 2.45) is 0 Å². The molecule has 1 heterocycles. The molecule has 0 saturated carbocycles. The number of rotatable bonds is 1. The summed E-state index contributed by atoms with van der Waals surface area (Å²) in [7, 11) is 0. The molecule has 9 rings (SSSR count). The molecule has 0 bridgehead atoms. The minimum Gasteiger partial charge on any atom is -0.309 e. The molecule has 188 valence electrons. The molecule has 1 nitrogen and oxygen atoms in total. The number of benzene rings is 7. The van der Waals surface area contributed by atoms with Crippen LogP contribution >= 0.6 is 0 Å². The lowest BCUT2D eigenvalue weighted by atomic mass is 9.81. The van der Waals surface area contributed by atoms with Crippen molar-refractivity contribution >= 4 is 54.1 Å². The molecular formula is C39H27N. The maximum Gasteiger partial charge on any atom is 0.0541 e. The summed E-state index contributed by atoms with van der Waals surface area (Å²) in [6.45, 7) is 4.76. The van der Waals surface area contributed by atoms with Gasteiger partial charge in [0.2, 0.25) is 0 Å². The summed E-state index contributed by atoms with van der Waals surface area (Å²) in [5.74, 6) is 0. The van der Waals surface area contributed by atoms with Crippen molar-refractivity contribution in [1.82, 2.24) is 4.57 Å². The van der Waals surface area contributed by atoms with Crippen LogP contribution in [0.2, 0.25) is 0 Å².